The predicted molar refractivity (Wildman–Crippen MR) is 152 cm³/mol. The minimum atomic E-state index is -0.934. The van der Waals surface area contributed by atoms with Crippen molar-refractivity contribution in [2.45, 2.75) is 64.8 Å². The standard InChI is InChI=1S/C30H41N3O7/c1-7-14-32-26-22-16-18(2)15-21(38-5)12-8-10-19(3)28(40-30(31)37)25(39-6)13-9-11-20(4)29(36)33-23(27(22)35)17-24(26)34/h7,9-11,13,17-18,21,25,28,32H,1,8,12,14-16H2,2-6H3,(H2,31,37)(H,33,36)/b13-9-,19-10+,20-11+/t18-,21+,25?,28-/m0/s1. The lowest BCUT2D eigenvalue weighted by molar-refractivity contribution is -0.120. The first-order chi connectivity index (χ1) is 19.0. The summed E-state index contributed by atoms with van der Waals surface area (Å²) in [5, 5.41) is 5.59. The topological polar surface area (TPSA) is 146 Å². The fraction of sp³-hybridized carbons (Fsp3) is 0.467. The van der Waals surface area contributed by atoms with Gasteiger partial charge in [-0.25, -0.2) is 4.79 Å². The minimum absolute atomic E-state index is 0.0194. The molecule has 0 aromatic carbocycles. The third kappa shape index (κ3) is 9.17. The highest BCUT2D eigenvalue weighted by Gasteiger charge is 2.31. The molecule has 2 bridgehead atoms. The second kappa shape index (κ2) is 15.7. The van der Waals surface area contributed by atoms with E-state index in [1.54, 1.807) is 32.3 Å². The molecule has 0 aromatic heterocycles. The summed E-state index contributed by atoms with van der Waals surface area (Å²) in [5.74, 6) is -1.36. The first kappa shape index (κ1) is 32.5. The van der Waals surface area contributed by atoms with Gasteiger partial charge in [-0.15, -0.1) is 6.58 Å². The Balaban J connectivity index is 2.51. The molecule has 2 rings (SSSR count). The van der Waals surface area contributed by atoms with Crippen LogP contribution in [0.2, 0.25) is 0 Å². The van der Waals surface area contributed by atoms with Crippen molar-refractivity contribution >= 4 is 23.6 Å². The highest BCUT2D eigenvalue weighted by Crippen LogP contribution is 2.27. The van der Waals surface area contributed by atoms with Crippen LogP contribution in [-0.2, 0) is 28.6 Å². The number of amides is 2. The maximum atomic E-state index is 13.5. The Morgan fingerprint density at radius 3 is 2.58 bits per heavy atom. The number of methoxy groups -OCH3 is 2. The van der Waals surface area contributed by atoms with E-state index in [1.807, 2.05) is 19.9 Å². The van der Waals surface area contributed by atoms with Crippen LogP contribution in [0.3, 0.4) is 0 Å². The predicted octanol–water partition coefficient (Wildman–Crippen LogP) is 3.32. The van der Waals surface area contributed by atoms with E-state index in [2.05, 4.69) is 17.2 Å². The molecule has 2 amide bonds. The number of hydrogen-bond acceptors (Lipinski definition) is 8. The number of ketones is 2. The second-order valence-electron chi connectivity index (χ2n) is 9.95. The van der Waals surface area contributed by atoms with Crippen LogP contribution in [0.25, 0.3) is 0 Å². The molecule has 4 N–H and O–H groups in total. The van der Waals surface area contributed by atoms with Gasteiger partial charge in [-0.2, -0.15) is 0 Å². The normalized spacial score (nSPS) is 28.8. The third-order valence-corrected chi connectivity index (χ3v) is 6.79. The van der Waals surface area contributed by atoms with E-state index < -0.39 is 35.8 Å². The number of carbonyl (C=O) groups is 4. The van der Waals surface area contributed by atoms with Crippen molar-refractivity contribution in [3.8, 4) is 0 Å². The Morgan fingerprint density at radius 1 is 1.23 bits per heavy atom. The summed E-state index contributed by atoms with van der Waals surface area (Å²) in [6.07, 6.45) is 9.19. The molecule has 0 saturated heterocycles. The van der Waals surface area contributed by atoms with Gasteiger partial charge in [-0.05, 0) is 51.0 Å². The van der Waals surface area contributed by atoms with Gasteiger partial charge in [0.05, 0.1) is 17.5 Å². The van der Waals surface area contributed by atoms with Crippen LogP contribution in [0.1, 0.15) is 46.5 Å². The fourth-order valence-corrected chi connectivity index (χ4v) is 4.63. The van der Waals surface area contributed by atoms with Crippen LogP contribution in [-0.4, -0.2) is 62.6 Å². The van der Waals surface area contributed by atoms with Crippen LogP contribution in [0.15, 0.2) is 71.1 Å². The fourth-order valence-electron chi connectivity index (χ4n) is 4.63. The molecule has 0 fully saturated rings. The first-order valence-corrected chi connectivity index (χ1v) is 13.3. The van der Waals surface area contributed by atoms with E-state index in [9.17, 15) is 19.2 Å². The Morgan fingerprint density at radius 2 is 1.95 bits per heavy atom. The molecule has 10 heteroatoms. The van der Waals surface area contributed by atoms with Crippen LogP contribution in [0, 0.1) is 5.92 Å². The van der Waals surface area contributed by atoms with Crippen LogP contribution < -0.4 is 16.4 Å². The molecular formula is C30H41N3O7. The van der Waals surface area contributed by atoms with Crippen molar-refractivity contribution < 1.29 is 33.4 Å². The average molecular weight is 556 g/mol. The lowest BCUT2D eigenvalue weighted by atomic mass is 9.87. The summed E-state index contributed by atoms with van der Waals surface area (Å²) in [6, 6.07) is 0. The highest BCUT2D eigenvalue weighted by molar-refractivity contribution is 6.23. The van der Waals surface area contributed by atoms with E-state index in [0.717, 1.165) is 11.6 Å². The number of nitrogens with one attached hydrogen (secondary N) is 2. The lowest BCUT2D eigenvalue weighted by Crippen LogP contribution is -2.36. The SMILES string of the molecule is C=CCNC1=C2C[C@@H](C)C[C@H](OC)CC/C=C(\C)[C@H](OC(N)=O)C(OC)/C=C\C=C(/C)C(=O)NC(=CC1=O)C2=O. The van der Waals surface area contributed by atoms with E-state index in [0.29, 0.717) is 37.8 Å². The third-order valence-electron chi connectivity index (χ3n) is 6.79. The van der Waals surface area contributed by atoms with Crippen LogP contribution >= 0.6 is 0 Å². The summed E-state index contributed by atoms with van der Waals surface area (Å²) in [5.41, 5.74) is 6.81. The molecular weight excluding hydrogens is 514 g/mol. The number of carbonyl (C=O) groups excluding carboxylic acids is 4. The lowest BCUT2D eigenvalue weighted by Gasteiger charge is -2.25. The Kier molecular flexibility index (Phi) is 12.8. The number of hydrogen-bond donors (Lipinski definition) is 3. The zero-order valence-electron chi connectivity index (χ0n) is 24.0. The van der Waals surface area contributed by atoms with Gasteiger partial charge >= 0.3 is 6.09 Å². The molecule has 1 heterocycles. The molecule has 1 aliphatic carbocycles. The summed E-state index contributed by atoms with van der Waals surface area (Å²) >= 11 is 0. The van der Waals surface area contributed by atoms with E-state index in [1.165, 1.54) is 13.2 Å². The molecule has 1 aliphatic heterocycles. The van der Waals surface area contributed by atoms with Crippen molar-refractivity contribution in [2.24, 2.45) is 11.7 Å². The second-order valence-corrected chi connectivity index (χ2v) is 9.95. The van der Waals surface area contributed by atoms with Crippen LogP contribution in [0.5, 0.6) is 0 Å². The molecule has 40 heavy (non-hydrogen) atoms. The Labute approximate surface area is 236 Å². The van der Waals surface area contributed by atoms with Crippen molar-refractivity contribution in [1.29, 1.82) is 0 Å². The largest absolute Gasteiger partial charge is 0.439 e. The molecule has 0 radical (unpaired) electrons. The van der Waals surface area contributed by atoms with Gasteiger partial charge in [0, 0.05) is 38.0 Å². The van der Waals surface area contributed by atoms with Gasteiger partial charge < -0.3 is 30.6 Å². The van der Waals surface area contributed by atoms with Gasteiger partial charge in [0.15, 0.2) is 6.10 Å². The number of Topliss-reactive ketones (excluding diaryl/α,β-unsaturated/α-hetero) is 1. The minimum Gasteiger partial charge on any atom is -0.439 e. The molecule has 10 nitrogen and oxygen atoms in total. The van der Waals surface area contributed by atoms with Crippen molar-refractivity contribution in [2.75, 3.05) is 20.8 Å². The maximum absolute atomic E-state index is 13.5. The Hall–Kier alpha value is -3.76. The van der Waals surface area contributed by atoms with Crippen molar-refractivity contribution in [3.05, 3.63) is 71.1 Å². The van der Waals surface area contributed by atoms with E-state index >= 15 is 0 Å². The summed E-state index contributed by atoms with van der Waals surface area (Å²) in [4.78, 5) is 51.0. The van der Waals surface area contributed by atoms with Crippen molar-refractivity contribution in [1.82, 2.24) is 10.6 Å². The van der Waals surface area contributed by atoms with Crippen molar-refractivity contribution in [3.63, 3.8) is 0 Å². The maximum Gasteiger partial charge on any atom is 0.405 e. The summed E-state index contributed by atoms with van der Waals surface area (Å²) in [6.45, 7) is 9.37. The number of allylic oxidation sites excluding steroid dienone is 5. The number of rotatable bonds is 6. The molecule has 1 unspecified atom stereocenters. The molecule has 0 saturated carbocycles. The zero-order valence-corrected chi connectivity index (χ0v) is 24.0. The van der Waals surface area contributed by atoms with Gasteiger partial charge in [0.2, 0.25) is 11.6 Å². The number of primary amides is 1. The summed E-state index contributed by atoms with van der Waals surface area (Å²) in [7, 11) is 3.10. The van der Waals surface area contributed by atoms with Gasteiger partial charge in [0.1, 0.15) is 6.10 Å². The van der Waals surface area contributed by atoms with Gasteiger partial charge in [0.25, 0.3) is 5.91 Å². The summed E-state index contributed by atoms with van der Waals surface area (Å²) < 4.78 is 16.6. The molecule has 2 aliphatic rings. The van der Waals surface area contributed by atoms with E-state index in [4.69, 9.17) is 19.9 Å². The van der Waals surface area contributed by atoms with Gasteiger partial charge in [-0.1, -0.05) is 37.3 Å². The smallest absolute Gasteiger partial charge is 0.405 e. The average Bonchev–Trinajstić information content (AvgIpc) is 2.90. The molecule has 4 atom stereocenters. The quantitative estimate of drug-likeness (QED) is 0.334. The monoisotopic (exact) mass is 555 g/mol. The van der Waals surface area contributed by atoms with Crippen LogP contribution in [0.4, 0.5) is 4.79 Å². The van der Waals surface area contributed by atoms with Gasteiger partial charge in [-0.3, -0.25) is 14.4 Å². The van der Waals surface area contributed by atoms with E-state index in [-0.39, 0.29) is 29.0 Å². The molecule has 218 valence electrons. The first-order valence-electron chi connectivity index (χ1n) is 13.3. The molecule has 0 spiro atoms. The zero-order chi connectivity index (χ0) is 29.8. The highest BCUT2D eigenvalue weighted by atomic mass is 16.6. The number of nitrogens with two attached hydrogens (primary N) is 1. The number of ether oxygens (including phenoxy) is 3. The number of fused-ring (bicyclic) bond motifs is 2. The Bertz CT molecular complexity index is 1150. The molecule has 0 aromatic rings.